The predicted molar refractivity (Wildman–Crippen MR) is 128 cm³/mol. The number of rotatable bonds is 14. The van der Waals surface area contributed by atoms with Crippen LogP contribution < -0.4 is 14.1 Å². The molecule has 2 aromatic carbocycles. The monoisotopic (exact) mass is 497 g/mol. The molecule has 0 bridgehead atoms. The van der Waals surface area contributed by atoms with Gasteiger partial charge in [-0.25, -0.2) is 4.57 Å². The molecule has 33 heavy (non-hydrogen) atoms. The van der Waals surface area contributed by atoms with Crippen molar-refractivity contribution in [2.24, 2.45) is 0 Å². The van der Waals surface area contributed by atoms with Crippen LogP contribution in [0.15, 0.2) is 48.5 Å². The number of halogens is 1. The molecule has 0 spiro atoms. The van der Waals surface area contributed by atoms with Gasteiger partial charge in [-0.2, -0.15) is 5.09 Å². The van der Waals surface area contributed by atoms with E-state index in [9.17, 15) is 14.6 Å². The van der Waals surface area contributed by atoms with Crippen molar-refractivity contribution in [3.63, 3.8) is 0 Å². The molecule has 0 amide bonds. The number of benzene rings is 2. The van der Waals surface area contributed by atoms with Gasteiger partial charge < -0.3 is 13.8 Å². The topological polar surface area (TPSA) is 97.1 Å². The van der Waals surface area contributed by atoms with Gasteiger partial charge >= 0.3 is 13.7 Å². The molecule has 0 fully saturated rings. The molecule has 10 heteroatoms. The molecule has 0 aliphatic rings. The Kier molecular flexibility index (Phi) is 10.7. The van der Waals surface area contributed by atoms with E-state index in [0.29, 0.717) is 22.1 Å². The highest BCUT2D eigenvalue weighted by Gasteiger charge is 2.34. The normalized spacial score (nSPS) is 13.5. The van der Waals surface area contributed by atoms with E-state index in [-0.39, 0.29) is 11.5 Å². The van der Waals surface area contributed by atoms with Crippen molar-refractivity contribution >= 4 is 37.7 Å². The molecule has 8 nitrogen and oxygen atoms in total. The first-order chi connectivity index (χ1) is 15.7. The first-order valence-corrected chi connectivity index (χ1v) is 12.7. The van der Waals surface area contributed by atoms with Crippen LogP contribution in [0.3, 0.4) is 0 Å². The highest BCUT2D eigenvalue weighted by Crippen LogP contribution is 2.45. The number of nitrogens with one attached hydrogen (secondary N) is 1. The fraction of sp³-hybridized carbons (Fsp3) is 0.391. The summed E-state index contributed by atoms with van der Waals surface area (Å²) in [6, 6.07) is 11.3. The van der Waals surface area contributed by atoms with Crippen LogP contribution in [-0.4, -0.2) is 35.3 Å². The average Bonchev–Trinajstić information content (AvgIpc) is 2.77. The van der Waals surface area contributed by atoms with Gasteiger partial charge in [0.15, 0.2) is 6.72 Å². The number of carbonyl (C=O) groups is 1. The van der Waals surface area contributed by atoms with Crippen LogP contribution in [0, 0.1) is 0 Å². The number of nitrogens with zero attached hydrogens (tertiary/aromatic N) is 1. The smallest absolute Gasteiger partial charge is 0.465 e. The Balaban J connectivity index is 2.07. The van der Waals surface area contributed by atoms with Crippen LogP contribution in [0.4, 0.5) is 5.69 Å². The van der Waals surface area contributed by atoms with Crippen LogP contribution in [0.25, 0.3) is 0 Å². The molecule has 0 radical (unpaired) electrons. The van der Waals surface area contributed by atoms with Gasteiger partial charge in [-0.3, -0.25) is 10.0 Å². The zero-order valence-corrected chi connectivity index (χ0v) is 20.6. The van der Waals surface area contributed by atoms with Crippen molar-refractivity contribution in [3.05, 3.63) is 53.6 Å². The van der Waals surface area contributed by atoms with Crippen LogP contribution in [0.5, 0.6) is 11.5 Å². The molecule has 2 aromatic rings. The number of esters is 1. The summed E-state index contributed by atoms with van der Waals surface area (Å²) in [6.45, 7) is 7.33. The van der Waals surface area contributed by atoms with Gasteiger partial charge in [0, 0.05) is 21.9 Å². The summed E-state index contributed by atoms with van der Waals surface area (Å²) in [5.41, 5.74) is 0.402. The standard InChI is InChI=1S/C23H31ClN2O6P/c1-4-5-6-7-8-17-30-23(27)18(2)25-33(29,31-21-13-9-19(24)10-14-21)32-22-15-11-20(12-16-22)26(3)28/h9-16,18,28H,3-8,17H2,1-2H3,(H,25,29)/q+1/t18-,33+/m0/s1. The lowest BCUT2D eigenvalue weighted by molar-refractivity contribution is -0.706. The van der Waals surface area contributed by atoms with Crippen molar-refractivity contribution in [3.8, 4) is 11.5 Å². The second-order valence-electron chi connectivity index (χ2n) is 7.46. The molecule has 2 rings (SSSR count). The van der Waals surface area contributed by atoms with E-state index in [1.54, 1.807) is 12.1 Å². The molecule has 0 aliphatic heterocycles. The van der Waals surface area contributed by atoms with Crippen molar-refractivity contribution < 1.29 is 33.1 Å². The van der Waals surface area contributed by atoms with E-state index < -0.39 is 19.8 Å². The van der Waals surface area contributed by atoms with E-state index in [4.69, 9.17) is 25.4 Å². The van der Waals surface area contributed by atoms with E-state index in [0.717, 1.165) is 32.1 Å². The number of carbonyl (C=O) groups excluding carboxylic acids is 1. The quantitative estimate of drug-likeness (QED) is 0.0616. The minimum absolute atomic E-state index is 0.196. The maximum atomic E-state index is 13.6. The summed E-state index contributed by atoms with van der Waals surface area (Å²) < 4.78 is 30.8. The largest absolute Gasteiger partial charge is 0.513 e. The molecular weight excluding hydrogens is 467 g/mol. The highest BCUT2D eigenvalue weighted by molar-refractivity contribution is 7.52. The van der Waals surface area contributed by atoms with Crippen molar-refractivity contribution in [2.45, 2.75) is 52.0 Å². The Hall–Kier alpha value is -2.54. The Morgan fingerprint density at radius 3 is 2.15 bits per heavy atom. The fourth-order valence-corrected chi connectivity index (χ4v) is 4.46. The molecule has 0 saturated heterocycles. The van der Waals surface area contributed by atoms with Gasteiger partial charge in [-0.1, -0.05) is 44.2 Å². The Morgan fingerprint density at radius 1 is 1.06 bits per heavy atom. The first kappa shape index (κ1) is 26.7. The highest BCUT2D eigenvalue weighted by atomic mass is 35.5. The van der Waals surface area contributed by atoms with E-state index >= 15 is 0 Å². The van der Waals surface area contributed by atoms with E-state index in [1.807, 2.05) is 0 Å². The van der Waals surface area contributed by atoms with Gasteiger partial charge in [-0.15, -0.1) is 0 Å². The Bertz CT molecular complexity index is 952. The lowest BCUT2D eigenvalue weighted by Gasteiger charge is -2.23. The second-order valence-corrected chi connectivity index (χ2v) is 9.51. The third kappa shape index (κ3) is 9.46. The lowest BCUT2D eigenvalue weighted by Crippen LogP contribution is -2.36. The van der Waals surface area contributed by atoms with Crippen LogP contribution in [0.2, 0.25) is 5.02 Å². The third-order valence-corrected chi connectivity index (χ3v) is 6.45. The van der Waals surface area contributed by atoms with Crippen molar-refractivity contribution in [1.82, 2.24) is 5.09 Å². The van der Waals surface area contributed by atoms with Crippen LogP contribution in [-0.2, 0) is 14.1 Å². The second kappa shape index (κ2) is 13.2. The van der Waals surface area contributed by atoms with Gasteiger partial charge in [0.25, 0.3) is 5.69 Å². The number of unbranched alkanes of at least 4 members (excludes halogenated alkanes) is 4. The minimum atomic E-state index is -4.07. The predicted octanol–water partition coefficient (Wildman–Crippen LogP) is 6.13. The fourth-order valence-electron chi connectivity index (χ4n) is 2.82. The maximum absolute atomic E-state index is 13.6. The summed E-state index contributed by atoms with van der Waals surface area (Å²) in [6.07, 6.45) is 5.15. The van der Waals surface area contributed by atoms with E-state index in [1.165, 1.54) is 43.3 Å². The van der Waals surface area contributed by atoms with Crippen molar-refractivity contribution in [2.75, 3.05) is 6.61 Å². The maximum Gasteiger partial charge on any atom is 0.513 e. The molecule has 180 valence electrons. The summed E-state index contributed by atoms with van der Waals surface area (Å²) >= 11 is 5.91. The minimum Gasteiger partial charge on any atom is -0.465 e. The summed E-state index contributed by atoms with van der Waals surface area (Å²) in [7, 11) is -4.07. The summed E-state index contributed by atoms with van der Waals surface area (Å²) in [4.78, 5) is 12.4. The van der Waals surface area contributed by atoms with Gasteiger partial charge in [-0.05, 0) is 49.7 Å². The molecule has 2 atom stereocenters. The molecule has 0 heterocycles. The molecule has 0 aromatic heterocycles. The van der Waals surface area contributed by atoms with Crippen LogP contribution in [0.1, 0.15) is 46.0 Å². The molecular formula is C23H31ClN2O6P+. The van der Waals surface area contributed by atoms with E-state index in [2.05, 4.69) is 18.7 Å². The van der Waals surface area contributed by atoms with Gasteiger partial charge in [0.1, 0.15) is 17.5 Å². The average molecular weight is 498 g/mol. The number of hydrogen-bond acceptors (Lipinski definition) is 6. The zero-order valence-electron chi connectivity index (χ0n) is 18.9. The molecule has 0 unspecified atom stereocenters. The van der Waals surface area contributed by atoms with Crippen LogP contribution >= 0.6 is 19.3 Å². The zero-order chi connectivity index (χ0) is 24.3. The molecule has 0 saturated carbocycles. The SMILES string of the molecule is C=[N+](O)c1ccc(O[P@@](=O)(N[C@@H](C)C(=O)OCCCCCCC)Oc2ccc(Cl)cc2)cc1. The number of hydrogen-bond donors (Lipinski definition) is 2. The Morgan fingerprint density at radius 2 is 1.61 bits per heavy atom. The van der Waals surface area contributed by atoms with Gasteiger partial charge in [0.2, 0.25) is 0 Å². The summed E-state index contributed by atoms with van der Waals surface area (Å²) in [5.74, 6) is -0.123. The number of ether oxygens (including phenoxy) is 1. The first-order valence-electron chi connectivity index (χ1n) is 10.8. The van der Waals surface area contributed by atoms with Gasteiger partial charge in [0.05, 0.1) is 6.61 Å². The Labute approximate surface area is 199 Å². The molecule has 2 N–H and O–H groups in total. The lowest BCUT2D eigenvalue weighted by atomic mass is 10.2. The molecule has 0 aliphatic carbocycles. The summed E-state index contributed by atoms with van der Waals surface area (Å²) in [5, 5.41) is 12.5. The van der Waals surface area contributed by atoms with Crippen molar-refractivity contribution in [1.29, 1.82) is 0 Å². The third-order valence-electron chi connectivity index (χ3n) is 4.60.